The zero-order chi connectivity index (χ0) is 12.5. The first-order valence-electron chi connectivity index (χ1n) is 6.66. The van der Waals surface area contributed by atoms with Crippen molar-refractivity contribution in [2.24, 2.45) is 0 Å². The second kappa shape index (κ2) is 4.75. The van der Waals surface area contributed by atoms with Gasteiger partial charge in [-0.15, -0.1) is 0 Å². The second-order valence-electron chi connectivity index (χ2n) is 5.10. The van der Waals surface area contributed by atoms with Crippen LogP contribution in [0.1, 0.15) is 16.9 Å². The lowest BCUT2D eigenvalue weighted by atomic mass is 10.1. The Balaban J connectivity index is 1.93. The fourth-order valence-corrected chi connectivity index (χ4v) is 2.65. The highest BCUT2D eigenvalue weighted by Gasteiger charge is 2.14. The molecule has 2 heterocycles. The van der Waals surface area contributed by atoms with E-state index in [-0.39, 0.29) is 0 Å². The predicted octanol–water partition coefficient (Wildman–Crippen LogP) is 2.45. The van der Waals surface area contributed by atoms with Gasteiger partial charge < -0.3 is 9.73 Å². The van der Waals surface area contributed by atoms with Crippen LogP contribution in [0.3, 0.4) is 0 Å². The summed E-state index contributed by atoms with van der Waals surface area (Å²) in [6.07, 6.45) is 0. The molecule has 18 heavy (non-hydrogen) atoms. The molecule has 0 amide bonds. The standard InChI is InChI=1S/C15H20N2O/c1-11-12(2)18-15-13(4-3-5-14(11)15)10-17-8-6-16-7-9-17/h3-5,16H,6-10H2,1-2H3. The minimum Gasteiger partial charge on any atom is -0.461 e. The summed E-state index contributed by atoms with van der Waals surface area (Å²) in [5, 5.41) is 4.65. The minimum absolute atomic E-state index is 0.991. The third kappa shape index (κ3) is 2.04. The molecule has 1 aromatic heterocycles. The number of nitrogens with zero attached hydrogens (tertiary/aromatic N) is 1. The summed E-state index contributed by atoms with van der Waals surface area (Å²) in [4.78, 5) is 2.48. The van der Waals surface area contributed by atoms with Crippen LogP contribution >= 0.6 is 0 Å². The number of hydrogen-bond acceptors (Lipinski definition) is 3. The van der Waals surface area contributed by atoms with Gasteiger partial charge in [-0.2, -0.15) is 0 Å². The molecule has 0 bridgehead atoms. The van der Waals surface area contributed by atoms with Gasteiger partial charge in [-0.3, -0.25) is 4.90 Å². The molecule has 1 fully saturated rings. The summed E-state index contributed by atoms with van der Waals surface area (Å²) in [5.74, 6) is 1.04. The molecule has 3 rings (SSSR count). The highest BCUT2D eigenvalue weighted by Crippen LogP contribution is 2.28. The Kier molecular flexibility index (Phi) is 3.10. The number of nitrogens with one attached hydrogen (secondary N) is 1. The highest BCUT2D eigenvalue weighted by molar-refractivity contribution is 5.84. The summed E-state index contributed by atoms with van der Waals surface area (Å²) in [6.45, 7) is 9.59. The third-order valence-electron chi connectivity index (χ3n) is 3.89. The summed E-state index contributed by atoms with van der Waals surface area (Å²) < 4.78 is 5.93. The van der Waals surface area contributed by atoms with Crippen LogP contribution in [0.2, 0.25) is 0 Å². The molecule has 0 spiro atoms. The Morgan fingerprint density at radius 2 is 2.00 bits per heavy atom. The first-order valence-corrected chi connectivity index (χ1v) is 6.66. The molecule has 3 nitrogen and oxygen atoms in total. The average molecular weight is 244 g/mol. The summed E-state index contributed by atoms with van der Waals surface area (Å²) in [5.41, 5.74) is 3.66. The smallest absolute Gasteiger partial charge is 0.139 e. The number of piperazine rings is 1. The molecule has 2 aromatic rings. The number of furan rings is 1. The Morgan fingerprint density at radius 1 is 1.22 bits per heavy atom. The van der Waals surface area contributed by atoms with Gasteiger partial charge in [0.2, 0.25) is 0 Å². The van der Waals surface area contributed by atoms with Crippen molar-refractivity contribution >= 4 is 11.0 Å². The molecule has 1 aliphatic heterocycles. The Labute approximate surface area is 108 Å². The van der Waals surface area contributed by atoms with Crippen molar-refractivity contribution in [2.75, 3.05) is 26.2 Å². The number of para-hydroxylation sites is 1. The number of benzene rings is 1. The van der Waals surface area contributed by atoms with Gasteiger partial charge in [-0.25, -0.2) is 0 Å². The van der Waals surface area contributed by atoms with Crippen molar-refractivity contribution in [1.82, 2.24) is 10.2 Å². The van der Waals surface area contributed by atoms with Crippen LogP contribution in [0.4, 0.5) is 0 Å². The molecule has 1 N–H and O–H groups in total. The van der Waals surface area contributed by atoms with E-state index in [1.807, 2.05) is 6.92 Å². The van der Waals surface area contributed by atoms with Crippen LogP contribution in [0, 0.1) is 13.8 Å². The molecule has 1 saturated heterocycles. The lowest BCUT2D eigenvalue weighted by Gasteiger charge is -2.27. The quantitative estimate of drug-likeness (QED) is 0.879. The maximum absolute atomic E-state index is 5.93. The van der Waals surface area contributed by atoms with Gasteiger partial charge in [0.1, 0.15) is 11.3 Å². The van der Waals surface area contributed by atoms with E-state index in [1.54, 1.807) is 0 Å². The number of fused-ring (bicyclic) bond motifs is 1. The van der Waals surface area contributed by atoms with Gasteiger partial charge in [0.15, 0.2) is 0 Å². The van der Waals surface area contributed by atoms with E-state index in [0.717, 1.165) is 44.1 Å². The monoisotopic (exact) mass is 244 g/mol. The molecule has 3 heteroatoms. The van der Waals surface area contributed by atoms with Crippen molar-refractivity contribution in [3.63, 3.8) is 0 Å². The molecule has 0 atom stereocenters. The molecule has 96 valence electrons. The van der Waals surface area contributed by atoms with Gasteiger partial charge in [-0.05, 0) is 19.4 Å². The fourth-order valence-electron chi connectivity index (χ4n) is 2.65. The summed E-state index contributed by atoms with van der Waals surface area (Å²) >= 11 is 0. The van der Waals surface area contributed by atoms with E-state index in [1.165, 1.54) is 16.5 Å². The first kappa shape index (κ1) is 11.8. The van der Waals surface area contributed by atoms with E-state index in [0.29, 0.717) is 0 Å². The van der Waals surface area contributed by atoms with Crippen molar-refractivity contribution < 1.29 is 4.42 Å². The molecule has 1 aliphatic rings. The molecule has 0 radical (unpaired) electrons. The Bertz CT molecular complexity index is 553. The average Bonchev–Trinajstić information content (AvgIpc) is 2.69. The maximum Gasteiger partial charge on any atom is 0.139 e. The number of rotatable bonds is 2. The first-order chi connectivity index (χ1) is 8.75. The third-order valence-corrected chi connectivity index (χ3v) is 3.89. The molecular weight excluding hydrogens is 224 g/mol. The zero-order valence-electron chi connectivity index (χ0n) is 11.1. The SMILES string of the molecule is Cc1oc2c(CN3CCNCC3)cccc2c1C. The largest absolute Gasteiger partial charge is 0.461 e. The van der Waals surface area contributed by atoms with Gasteiger partial charge in [0.05, 0.1) is 0 Å². The van der Waals surface area contributed by atoms with E-state index >= 15 is 0 Å². The lowest BCUT2D eigenvalue weighted by molar-refractivity contribution is 0.233. The van der Waals surface area contributed by atoms with Gasteiger partial charge in [-0.1, -0.05) is 18.2 Å². The Hall–Kier alpha value is -1.32. The topological polar surface area (TPSA) is 28.4 Å². The van der Waals surface area contributed by atoms with Crippen molar-refractivity contribution in [3.8, 4) is 0 Å². The molecular formula is C15H20N2O. The predicted molar refractivity (Wildman–Crippen MR) is 73.8 cm³/mol. The molecule has 0 aliphatic carbocycles. The van der Waals surface area contributed by atoms with Crippen molar-refractivity contribution in [3.05, 3.63) is 35.1 Å². The Morgan fingerprint density at radius 3 is 2.78 bits per heavy atom. The van der Waals surface area contributed by atoms with Crippen molar-refractivity contribution in [2.45, 2.75) is 20.4 Å². The van der Waals surface area contributed by atoms with E-state index in [2.05, 4.69) is 35.3 Å². The van der Waals surface area contributed by atoms with Crippen LogP contribution < -0.4 is 5.32 Å². The normalized spacial score (nSPS) is 17.4. The van der Waals surface area contributed by atoms with Crippen LogP contribution in [0.15, 0.2) is 22.6 Å². The maximum atomic E-state index is 5.93. The fraction of sp³-hybridized carbons (Fsp3) is 0.467. The minimum atomic E-state index is 0.991. The van der Waals surface area contributed by atoms with Gasteiger partial charge >= 0.3 is 0 Å². The zero-order valence-corrected chi connectivity index (χ0v) is 11.1. The molecule has 1 aromatic carbocycles. The van der Waals surface area contributed by atoms with Crippen molar-refractivity contribution in [1.29, 1.82) is 0 Å². The van der Waals surface area contributed by atoms with E-state index in [9.17, 15) is 0 Å². The van der Waals surface area contributed by atoms with Gasteiger partial charge in [0.25, 0.3) is 0 Å². The van der Waals surface area contributed by atoms with Gasteiger partial charge in [0, 0.05) is 43.7 Å². The number of hydrogen-bond donors (Lipinski definition) is 1. The number of aryl methyl sites for hydroxylation is 2. The van der Waals surface area contributed by atoms with Crippen LogP contribution in [0.25, 0.3) is 11.0 Å². The second-order valence-corrected chi connectivity index (χ2v) is 5.10. The highest BCUT2D eigenvalue weighted by atomic mass is 16.3. The summed E-state index contributed by atoms with van der Waals surface area (Å²) in [6, 6.07) is 6.48. The van der Waals surface area contributed by atoms with Crippen LogP contribution in [-0.2, 0) is 6.54 Å². The molecule has 0 unspecified atom stereocenters. The van der Waals surface area contributed by atoms with Crippen LogP contribution in [-0.4, -0.2) is 31.1 Å². The molecule has 0 saturated carbocycles. The van der Waals surface area contributed by atoms with Crippen LogP contribution in [0.5, 0.6) is 0 Å². The van der Waals surface area contributed by atoms with E-state index < -0.39 is 0 Å². The van der Waals surface area contributed by atoms with E-state index in [4.69, 9.17) is 4.42 Å². The lowest BCUT2D eigenvalue weighted by Crippen LogP contribution is -2.42. The summed E-state index contributed by atoms with van der Waals surface area (Å²) in [7, 11) is 0.